The van der Waals surface area contributed by atoms with Crippen molar-refractivity contribution in [2.45, 2.75) is 46.1 Å². The zero-order valence-electron chi connectivity index (χ0n) is 11.3. The molecule has 1 amide bonds. The summed E-state index contributed by atoms with van der Waals surface area (Å²) in [6, 6.07) is 0. The van der Waals surface area contributed by atoms with Crippen molar-refractivity contribution in [1.29, 1.82) is 0 Å². The predicted molar refractivity (Wildman–Crippen MR) is 67.3 cm³/mol. The molecule has 94 valence electrons. The molecule has 3 nitrogen and oxygen atoms in total. The second-order valence-corrected chi connectivity index (χ2v) is 5.76. The number of rotatable bonds is 3. The van der Waals surface area contributed by atoms with Crippen LogP contribution in [-0.2, 0) is 4.79 Å². The molecule has 16 heavy (non-hydrogen) atoms. The Labute approximate surface area is 99.6 Å². The molecule has 1 saturated heterocycles. The van der Waals surface area contributed by atoms with E-state index in [1.807, 2.05) is 11.9 Å². The van der Waals surface area contributed by atoms with Gasteiger partial charge in [0.25, 0.3) is 0 Å². The SMILES string of the molecule is CCC(C)(C)N(C)C(=O)C1CNCC(C)C1. The van der Waals surface area contributed by atoms with Gasteiger partial charge in [-0.15, -0.1) is 0 Å². The molecular weight excluding hydrogens is 200 g/mol. The van der Waals surface area contributed by atoms with Gasteiger partial charge in [-0.1, -0.05) is 13.8 Å². The Balaban J connectivity index is 2.63. The molecule has 2 atom stereocenters. The van der Waals surface area contributed by atoms with E-state index >= 15 is 0 Å². The summed E-state index contributed by atoms with van der Waals surface area (Å²) in [4.78, 5) is 14.3. The molecule has 0 aromatic rings. The van der Waals surface area contributed by atoms with Crippen molar-refractivity contribution < 1.29 is 4.79 Å². The van der Waals surface area contributed by atoms with E-state index in [4.69, 9.17) is 0 Å². The van der Waals surface area contributed by atoms with Gasteiger partial charge in [0.2, 0.25) is 5.91 Å². The molecule has 3 heteroatoms. The van der Waals surface area contributed by atoms with Crippen LogP contribution in [0, 0.1) is 11.8 Å². The van der Waals surface area contributed by atoms with Crippen LogP contribution in [0.3, 0.4) is 0 Å². The highest BCUT2D eigenvalue weighted by atomic mass is 16.2. The first-order valence-electron chi connectivity index (χ1n) is 6.37. The third kappa shape index (κ3) is 2.97. The third-order valence-electron chi connectivity index (χ3n) is 4.02. The second kappa shape index (κ2) is 5.17. The van der Waals surface area contributed by atoms with Gasteiger partial charge in [0.05, 0.1) is 5.92 Å². The lowest BCUT2D eigenvalue weighted by Gasteiger charge is -2.39. The number of carbonyl (C=O) groups is 1. The molecule has 0 radical (unpaired) electrons. The van der Waals surface area contributed by atoms with Crippen LogP contribution < -0.4 is 5.32 Å². The Morgan fingerprint density at radius 1 is 1.44 bits per heavy atom. The van der Waals surface area contributed by atoms with Crippen LogP contribution in [0.5, 0.6) is 0 Å². The molecule has 1 aliphatic heterocycles. The zero-order chi connectivity index (χ0) is 12.3. The first-order valence-corrected chi connectivity index (χ1v) is 6.37. The smallest absolute Gasteiger partial charge is 0.227 e. The summed E-state index contributed by atoms with van der Waals surface area (Å²) in [5.41, 5.74) is -0.0300. The van der Waals surface area contributed by atoms with Crippen LogP contribution in [-0.4, -0.2) is 36.5 Å². The molecule has 1 fully saturated rings. The number of hydrogen-bond donors (Lipinski definition) is 1. The molecule has 1 heterocycles. The molecule has 0 aromatic heterocycles. The Morgan fingerprint density at radius 3 is 2.56 bits per heavy atom. The Bertz CT molecular complexity index is 250. The minimum absolute atomic E-state index is 0.0300. The largest absolute Gasteiger partial charge is 0.340 e. The van der Waals surface area contributed by atoms with Gasteiger partial charge in [-0.3, -0.25) is 4.79 Å². The number of nitrogens with one attached hydrogen (secondary N) is 1. The number of piperidine rings is 1. The van der Waals surface area contributed by atoms with Crippen molar-refractivity contribution >= 4 is 5.91 Å². The number of hydrogen-bond acceptors (Lipinski definition) is 2. The summed E-state index contributed by atoms with van der Waals surface area (Å²) in [6.07, 6.45) is 2.01. The van der Waals surface area contributed by atoms with E-state index < -0.39 is 0 Å². The number of nitrogens with zero attached hydrogens (tertiary/aromatic N) is 1. The van der Waals surface area contributed by atoms with Crippen molar-refractivity contribution in [3.05, 3.63) is 0 Å². The van der Waals surface area contributed by atoms with Crippen LogP contribution in [0.1, 0.15) is 40.5 Å². The van der Waals surface area contributed by atoms with E-state index in [0.29, 0.717) is 11.8 Å². The van der Waals surface area contributed by atoms with Crippen LogP contribution in [0.15, 0.2) is 0 Å². The topological polar surface area (TPSA) is 32.3 Å². The summed E-state index contributed by atoms with van der Waals surface area (Å²) in [7, 11) is 1.94. The molecule has 0 aromatic carbocycles. The van der Waals surface area contributed by atoms with E-state index in [1.54, 1.807) is 0 Å². The van der Waals surface area contributed by atoms with Gasteiger partial charge in [0.15, 0.2) is 0 Å². The van der Waals surface area contributed by atoms with Crippen molar-refractivity contribution in [3.63, 3.8) is 0 Å². The highest BCUT2D eigenvalue weighted by Crippen LogP contribution is 2.23. The lowest BCUT2D eigenvalue weighted by atomic mass is 9.89. The quantitative estimate of drug-likeness (QED) is 0.797. The van der Waals surface area contributed by atoms with Crippen molar-refractivity contribution in [2.24, 2.45) is 11.8 Å². The molecule has 1 aliphatic rings. The van der Waals surface area contributed by atoms with E-state index in [-0.39, 0.29) is 11.5 Å². The van der Waals surface area contributed by atoms with Crippen molar-refractivity contribution in [2.75, 3.05) is 20.1 Å². The molecule has 1 rings (SSSR count). The summed E-state index contributed by atoms with van der Waals surface area (Å²) in [5.74, 6) is 1.08. The van der Waals surface area contributed by atoms with Crippen LogP contribution in [0.4, 0.5) is 0 Å². The highest BCUT2D eigenvalue weighted by molar-refractivity contribution is 5.79. The van der Waals surface area contributed by atoms with Gasteiger partial charge in [-0.05, 0) is 39.2 Å². The maximum atomic E-state index is 12.3. The lowest BCUT2D eigenvalue weighted by Crippen LogP contribution is -2.51. The van der Waals surface area contributed by atoms with Gasteiger partial charge in [0, 0.05) is 19.1 Å². The lowest BCUT2D eigenvalue weighted by molar-refractivity contribution is -0.140. The Hall–Kier alpha value is -0.570. The first-order chi connectivity index (χ1) is 7.38. The second-order valence-electron chi connectivity index (χ2n) is 5.76. The average Bonchev–Trinajstić information content (AvgIpc) is 2.27. The fourth-order valence-corrected chi connectivity index (χ4v) is 2.15. The van der Waals surface area contributed by atoms with Gasteiger partial charge in [0.1, 0.15) is 0 Å². The van der Waals surface area contributed by atoms with E-state index in [1.165, 1.54) is 0 Å². The van der Waals surface area contributed by atoms with Crippen LogP contribution >= 0.6 is 0 Å². The monoisotopic (exact) mass is 226 g/mol. The van der Waals surface area contributed by atoms with E-state index in [2.05, 4.69) is 33.0 Å². The van der Waals surface area contributed by atoms with Gasteiger partial charge in [-0.25, -0.2) is 0 Å². The fourth-order valence-electron chi connectivity index (χ4n) is 2.15. The summed E-state index contributed by atoms with van der Waals surface area (Å²) < 4.78 is 0. The summed E-state index contributed by atoms with van der Waals surface area (Å²) >= 11 is 0. The molecule has 0 aliphatic carbocycles. The predicted octanol–water partition coefficient (Wildman–Crippen LogP) is 1.88. The highest BCUT2D eigenvalue weighted by Gasteiger charge is 2.32. The summed E-state index contributed by atoms with van der Waals surface area (Å²) in [6.45, 7) is 10.5. The maximum Gasteiger partial charge on any atom is 0.227 e. The molecule has 1 N–H and O–H groups in total. The first kappa shape index (κ1) is 13.5. The van der Waals surface area contributed by atoms with Gasteiger partial charge >= 0.3 is 0 Å². The van der Waals surface area contributed by atoms with Crippen molar-refractivity contribution in [1.82, 2.24) is 10.2 Å². The number of amides is 1. The van der Waals surface area contributed by atoms with E-state index in [9.17, 15) is 4.79 Å². The molecule has 0 bridgehead atoms. The minimum Gasteiger partial charge on any atom is -0.340 e. The number of carbonyl (C=O) groups excluding carboxylic acids is 1. The molecule has 2 unspecified atom stereocenters. The zero-order valence-corrected chi connectivity index (χ0v) is 11.3. The van der Waals surface area contributed by atoms with Gasteiger partial charge < -0.3 is 10.2 Å². The third-order valence-corrected chi connectivity index (χ3v) is 4.02. The molecule has 0 spiro atoms. The van der Waals surface area contributed by atoms with E-state index in [0.717, 1.165) is 25.9 Å². The molecular formula is C13H26N2O. The summed E-state index contributed by atoms with van der Waals surface area (Å²) in [5, 5.41) is 3.34. The maximum absolute atomic E-state index is 12.3. The Kier molecular flexibility index (Phi) is 4.36. The van der Waals surface area contributed by atoms with Gasteiger partial charge in [-0.2, -0.15) is 0 Å². The van der Waals surface area contributed by atoms with Crippen LogP contribution in [0.25, 0.3) is 0 Å². The standard InChI is InChI=1S/C13H26N2O/c1-6-13(3,4)15(5)12(16)11-7-10(2)8-14-9-11/h10-11,14H,6-9H2,1-5H3. The fraction of sp³-hybridized carbons (Fsp3) is 0.923. The minimum atomic E-state index is -0.0300. The normalized spacial score (nSPS) is 26.6. The average molecular weight is 226 g/mol. The Morgan fingerprint density at radius 2 is 2.06 bits per heavy atom. The van der Waals surface area contributed by atoms with Crippen LogP contribution in [0.2, 0.25) is 0 Å². The molecule has 0 saturated carbocycles. The van der Waals surface area contributed by atoms with Crippen molar-refractivity contribution in [3.8, 4) is 0 Å².